The van der Waals surface area contributed by atoms with Gasteiger partial charge in [0.2, 0.25) is 5.89 Å². The van der Waals surface area contributed by atoms with E-state index in [9.17, 15) is 13.6 Å². The van der Waals surface area contributed by atoms with Gasteiger partial charge in [0.1, 0.15) is 11.3 Å². The summed E-state index contributed by atoms with van der Waals surface area (Å²) >= 11 is 5.98. The lowest BCUT2D eigenvalue weighted by molar-refractivity contribution is 0.102. The van der Waals surface area contributed by atoms with E-state index >= 15 is 0 Å². The zero-order valence-electron chi connectivity index (χ0n) is 15.0. The molecule has 0 aliphatic heterocycles. The van der Waals surface area contributed by atoms with Crippen LogP contribution in [0.2, 0.25) is 5.02 Å². The highest BCUT2D eigenvalue weighted by atomic mass is 35.5. The third kappa shape index (κ3) is 3.77. The molecule has 0 atom stereocenters. The Morgan fingerprint density at radius 3 is 2.52 bits per heavy atom. The number of nitrogens with zero attached hydrogens (tertiary/aromatic N) is 1. The van der Waals surface area contributed by atoms with Crippen LogP contribution in [0, 0.1) is 11.6 Å². The molecule has 4 rings (SSSR count). The molecule has 0 spiro atoms. The molecule has 0 aliphatic carbocycles. The molecular weight excluding hydrogens is 402 g/mol. The van der Waals surface area contributed by atoms with E-state index in [1.54, 1.807) is 49.6 Å². The van der Waals surface area contributed by atoms with E-state index in [0.717, 1.165) is 12.1 Å². The van der Waals surface area contributed by atoms with Crippen LogP contribution >= 0.6 is 11.6 Å². The molecule has 1 heterocycles. The fraction of sp³-hybridized carbons (Fsp3) is 0.0476. The minimum Gasteiger partial charge on any atom is -0.497 e. The molecule has 1 aromatic heterocycles. The smallest absolute Gasteiger partial charge is 0.255 e. The van der Waals surface area contributed by atoms with Gasteiger partial charge in [-0.05, 0) is 54.6 Å². The number of ether oxygens (including phenoxy) is 1. The summed E-state index contributed by atoms with van der Waals surface area (Å²) in [6.07, 6.45) is 0. The Balaban J connectivity index is 1.61. The first kappa shape index (κ1) is 18.9. The average Bonchev–Trinajstić information content (AvgIpc) is 3.13. The van der Waals surface area contributed by atoms with E-state index in [1.807, 2.05) is 0 Å². The second-order valence-corrected chi connectivity index (χ2v) is 6.54. The van der Waals surface area contributed by atoms with Gasteiger partial charge < -0.3 is 14.5 Å². The molecule has 4 aromatic rings. The summed E-state index contributed by atoms with van der Waals surface area (Å²) < 4.78 is 37.5. The van der Waals surface area contributed by atoms with E-state index < -0.39 is 11.6 Å². The number of benzene rings is 3. The first-order valence-electron chi connectivity index (χ1n) is 8.45. The SMILES string of the molecule is COc1ccc(C(=O)Nc2ccc3oc(-c4cc(F)c(F)cc4Cl)nc3c2)cc1. The van der Waals surface area contributed by atoms with Gasteiger partial charge in [0.05, 0.1) is 17.7 Å². The first-order chi connectivity index (χ1) is 13.9. The van der Waals surface area contributed by atoms with Crippen molar-refractivity contribution in [2.75, 3.05) is 12.4 Å². The van der Waals surface area contributed by atoms with Crippen LogP contribution in [0.15, 0.2) is 59.0 Å². The highest BCUT2D eigenvalue weighted by Crippen LogP contribution is 2.32. The fourth-order valence-corrected chi connectivity index (χ4v) is 2.98. The second kappa shape index (κ2) is 7.52. The number of fused-ring (bicyclic) bond motifs is 1. The molecule has 0 bridgehead atoms. The quantitative estimate of drug-likeness (QED) is 0.436. The summed E-state index contributed by atoms with van der Waals surface area (Å²) in [6.45, 7) is 0. The molecule has 1 N–H and O–H groups in total. The normalized spacial score (nSPS) is 10.9. The van der Waals surface area contributed by atoms with Crippen LogP contribution in [0.25, 0.3) is 22.6 Å². The third-order valence-corrected chi connectivity index (χ3v) is 4.55. The lowest BCUT2D eigenvalue weighted by Crippen LogP contribution is -2.11. The fourth-order valence-electron chi connectivity index (χ4n) is 2.75. The van der Waals surface area contributed by atoms with Crippen molar-refractivity contribution in [3.05, 3.63) is 76.8 Å². The van der Waals surface area contributed by atoms with Gasteiger partial charge in [0.15, 0.2) is 17.2 Å². The Labute approximate surface area is 168 Å². The summed E-state index contributed by atoms with van der Waals surface area (Å²) in [7, 11) is 1.55. The zero-order valence-corrected chi connectivity index (χ0v) is 15.8. The molecular formula is C21H13ClF2N2O3. The van der Waals surface area contributed by atoms with Gasteiger partial charge in [-0.3, -0.25) is 4.79 Å². The van der Waals surface area contributed by atoms with Crippen molar-refractivity contribution < 1.29 is 22.7 Å². The predicted molar refractivity (Wildman–Crippen MR) is 105 cm³/mol. The zero-order chi connectivity index (χ0) is 20.5. The van der Waals surface area contributed by atoms with Crippen LogP contribution in [0.1, 0.15) is 10.4 Å². The Morgan fingerprint density at radius 2 is 1.79 bits per heavy atom. The number of nitrogens with one attached hydrogen (secondary N) is 1. The summed E-state index contributed by atoms with van der Waals surface area (Å²) in [5.41, 5.74) is 1.91. The monoisotopic (exact) mass is 414 g/mol. The molecule has 0 fully saturated rings. The molecule has 8 heteroatoms. The number of amides is 1. The lowest BCUT2D eigenvalue weighted by atomic mass is 10.2. The van der Waals surface area contributed by atoms with E-state index in [1.165, 1.54) is 0 Å². The van der Waals surface area contributed by atoms with Crippen molar-refractivity contribution in [2.45, 2.75) is 0 Å². The molecule has 0 saturated heterocycles. The van der Waals surface area contributed by atoms with Crippen LogP contribution in [0.4, 0.5) is 14.5 Å². The molecule has 0 saturated carbocycles. The molecule has 0 unspecified atom stereocenters. The largest absolute Gasteiger partial charge is 0.497 e. The summed E-state index contributed by atoms with van der Waals surface area (Å²) in [5, 5.41) is 2.74. The highest BCUT2D eigenvalue weighted by Gasteiger charge is 2.16. The van der Waals surface area contributed by atoms with E-state index in [0.29, 0.717) is 28.1 Å². The van der Waals surface area contributed by atoms with Crippen LogP contribution in [0.5, 0.6) is 5.75 Å². The van der Waals surface area contributed by atoms with Crippen molar-refractivity contribution in [2.24, 2.45) is 0 Å². The van der Waals surface area contributed by atoms with E-state index in [-0.39, 0.29) is 22.4 Å². The van der Waals surface area contributed by atoms with Crippen LogP contribution in [-0.4, -0.2) is 18.0 Å². The highest BCUT2D eigenvalue weighted by molar-refractivity contribution is 6.33. The Bertz CT molecular complexity index is 1220. The summed E-state index contributed by atoms with van der Waals surface area (Å²) in [4.78, 5) is 16.7. The molecule has 3 aromatic carbocycles. The molecule has 1 amide bonds. The molecule has 0 radical (unpaired) electrons. The molecule has 5 nitrogen and oxygen atoms in total. The predicted octanol–water partition coefficient (Wildman–Crippen LogP) is 5.69. The topological polar surface area (TPSA) is 64.4 Å². The maximum atomic E-state index is 13.6. The van der Waals surface area contributed by atoms with Gasteiger partial charge >= 0.3 is 0 Å². The summed E-state index contributed by atoms with van der Waals surface area (Å²) in [5.74, 6) is -1.73. The number of halogens is 3. The van der Waals surface area contributed by atoms with E-state index in [2.05, 4.69) is 10.3 Å². The number of aromatic nitrogens is 1. The number of rotatable bonds is 4. The standard InChI is InChI=1S/C21H13ClF2N2O3/c1-28-13-5-2-11(3-6-13)20(27)25-12-4-7-19-18(8-12)26-21(29-19)14-9-16(23)17(24)10-15(14)22/h2-10H,1H3,(H,25,27). The van der Waals surface area contributed by atoms with Crippen LogP contribution in [0.3, 0.4) is 0 Å². The summed E-state index contributed by atoms with van der Waals surface area (Å²) in [6, 6.07) is 13.3. The number of hydrogen-bond acceptors (Lipinski definition) is 4. The van der Waals surface area contributed by atoms with Crippen molar-refractivity contribution in [1.29, 1.82) is 0 Å². The minimum atomic E-state index is -1.06. The van der Waals surface area contributed by atoms with Crippen molar-refractivity contribution >= 4 is 34.3 Å². The van der Waals surface area contributed by atoms with Gasteiger partial charge in [0.25, 0.3) is 5.91 Å². The van der Waals surface area contributed by atoms with Crippen LogP contribution < -0.4 is 10.1 Å². The number of hydrogen-bond donors (Lipinski definition) is 1. The number of carbonyl (C=O) groups is 1. The Kier molecular flexibility index (Phi) is 4.90. The minimum absolute atomic E-state index is 0.0245. The molecule has 29 heavy (non-hydrogen) atoms. The molecule has 146 valence electrons. The van der Waals surface area contributed by atoms with Crippen molar-refractivity contribution in [3.8, 4) is 17.2 Å². The molecule has 0 aliphatic rings. The van der Waals surface area contributed by atoms with Crippen molar-refractivity contribution in [3.63, 3.8) is 0 Å². The third-order valence-electron chi connectivity index (χ3n) is 4.24. The number of methoxy groups -OCH3 is 1. The van der Waals surface area contributed by atoms with Crippen LogP contribution in [-0.2, 0) is 0 Å². The Hall–Kier alpha value is -3.45. The van der Waals surface area contributed by atoms with Crippen molar-refractivity contribution in [1.82, 2.24) is 4.98 Å². The van der Waals surface area contributed by atoms with Gasteiger partial charge in [-0.15, -0.1) is 0 Å². The van der Waals surface area contributed by atoms with Gasteiger partial charge in [-0.2, -0.15) is 0 Å². The lowest BCUT2D eigenvalue weighted by Gasteiger charge is -2.06. The van der Waals surface area contributed by atoms with Gasteiger partial charge in [-0.1, -0.05) is 11.6 Å². The maximum Gasteiger partial charge on any atom is 0.255 e. The number of oxazole rings is 1. The number of anilines is 1. The van der Waals surface area contributed by atoms with Gasteiger partial charge in [0, 0.05) is 11.3 Å². The van der Waals surface area contributed by atoms with E-state index in [4.69, 9.17) is 20.8 Å². The first-order valence-corrected chi connectivity index (χ1v) is 8.83. The number of carbonyl (C=O) groups excluding carboxylic acids is 1. The Morgan fingerprint density at radius 1 is 1.07 bits per heavy atom. The maximum absolute atomic E-state index is 13.6. The van der Waals surface area contributed by atoms with Gasteiger partial charge in [-0.25, -0.2) is 13.8 Å². The average molecular weight is 415 g/mol. The second-order valence-electron chi connectivity index (χ2n) is 6.13.